The molecule has 10 heteroatoms. The molecule has 0 unspecified atom stereocenters. The Labute approximate surface area is 179 Å². The van der Waals surface area contributed by atoms with Crippen LogP contribution in [-0.4, -0.2) is 35.8 Å². The topological polar surface area (TPSA) is 79.4 Å². The Kier molecular flexibility index (Phi) is 5.93. The summed E-state index contributed by atoms with van der Waals surface area (Å²) in [6, 6.07) is 4.79. The smallest absolute Gasteiger partial charge is 0.415 e. The second kappa shape index (κ2) is 8.50. The molecule has 0 N–H and O–H groups in total. The van der Waals surface area contributed by atoms with Crippen molar-refractivity contribution >= 4 is 19.2 Å². The molecule has 0 amide bonds. The van der Waals surface area contributed by atoms with Gasteiger partial charge in [0.2, 0.25) is 5.88 Å². The van der Waals surface area contributed by atoms with Gasteiger partial charge in [0, 0.05) is 20.2 Å². The zero-order valence-corrected chi connectivity index (χ0v) is 18.7. The number of ether oxygens (including phenoxy) is 2. The van der Waals surface area contributed by atoms with E-state index in [1.807, 2.05) is 12.1 Å². The third-order valence-electron chi connectivity index (χ3n) is 5.19. The summed E-state index contributed by atoms with van der Waals surface area (Å²) in [4.78, 5) is 20.7. The van der Waals surface area contributed by atoms with Crippen molar-refractivity contribution in [3.8, 4) is 17.1 Å². The largest absolute Gasteiger partial charge is 0.421 e. The molecule has 1 aliphatic carbocycles. The molecule has 166 valence electrons. The van der Waals surface area contributed by atoms with Gasteiger partial charge in [-0.25, -0.2) is 19.3 Å². The van der Waals surface area contributed by atoms with E-state index in [1.165, 1.54) is 10.8 Å². The monoisotopic (exact) mass is 449 g/mol. The Hall–Kier alpha value is -2.59. The third kappa shape index (κ3) is 5.01. The van der Waals surface area contributed by atoms with Crippen LogP contribution >= 0.6 is 0 Å². The van der Waals surface area contributed by atoms with Crippen LogP contribution in [0, 0.1) is 0 Å². The molecule has 7 nitrogen and oxygen atoms in total. The highest BCUT2D eigenvalue weighted by Gasteiger charge is 2.29. The third-order valence-corrected chi connectivity index (χ3v) is 6.89. The van der Waals surface area contributed by atoms with Gasteiger partial charge in [-0.3, -0.25) is 0 Å². The molecule has 1 aromatic carbocycles. The first-order valence-electron chi connectivity index (χ1n) is 10.2. The van der Waals surface area contributed by atoms with Crippen molar-refractivity contribution in [2.24, 2.45) is 0 Å². The Morgan fingerprint density at radius 3 is 2.61 bits per heavy atom. The molecule has 0 bridgehead atoms. The Bertz CT molecular complexity index is 1120. The van der Waals surface area contributed by atoms with E-state index in [0.29, 0.717) is 34.9 Å². The van der Waals surface area contributed by atoms with Gasteiger partial charge in [-0.15, -0.1) is 0 Å². The Morgan fingerprint density at radius 2 is 2.00 bits per heavy atom. The second-order valence-electron chi connectivity index (χ2n) is 8.92. The highest BCUT2D eigenvalue weighted by atomic mass is 28.3. The Balaban J connectivity index is 1.68. The highest BCUT2D eigenvalue weighted by Crippen LogP contribution is 2.44. The molecule has 4 rings (SSSR count). The summed E-state index contributed by atoms with van der Waals surface area (Å²) in [5, 5.41) is 0. The van der Waals surface area contributed by atoms with Crippen LogP contribution in [0.1, 0.15) is 24.3 Å². The molecule has 0 aliphatic heterocycles. The van der Waals surface area contributed by atoms with Gasteiger partial charge in [-0.05, 0) is 36.4 Å². The number of fused-ring (bicyclic) bond motifs is 1. The van der Waals surface area contributed by atoms with Crippen LogP contribution in [0.3, 0.4) is 0 Å². The number of hydrogen-bond donors (Lipinski definition) is 0. The van der Waals surface area contributed by atoms with Gasteiger partial charge < -0.3 is 13.9 Å². The van der Waals surface area contributed by atoms with Gasteiger partial charge in [-0.1, -0.05) is 25.7 Å². The van der Waals surface area contributed by atoms with Crippen molar-refractivity contribution in [1.82, 2.24) is 14.5 Å². The zero-order valence-electron chi connectivity index (χ0n) is 17.7. The fourth-order valence-electron chi connectivity index (χ4n) is 3.39. The molecule has 0 saturated heterocycles. The maximum Gasteiger partial charge on any atom is 0.421 e. The zero-order chi connectivity index (χ0) is 22.2. The van der Waals surface area contributed by atoms with Crippen LogP contribution < -0.4 is 10.5 Å². The molecular formula is C21H25F2N3O4Si. The number of alkyl halides is 2. The van der Waals surface area contributed by atoms with E-state index >= 15 is 0 Å². The van der Waals surface area contributed by atoms with E-state index < -0.39 is 20.4 Å². The van der Waals surface area contributed by atoms with Gasteiger partial charge in [-0.2, -0.15) is 8.78 Å². The number of nitrogens with zero attached hydrogens (tertiary/aromatic N) is 3. The van der Waals surface area contributed by atoms with Crippen LogP contribution in [0.4, 0.5) is 8.78 Å². The number of benzene rings is 1. The summed E-state index contributed by atoms with van der Waals surface area (Å²) in [5.41, 5.74) is 3.11. The first kappa shape index (κ1) is 21.6. The summed E-state index contributed by atoms with van der Waals surface area (Å²) in [5.74, 6) is -0.392. The van der Waals surface area contributed by atoms with Crippen molar-refractivity contribution in [3.63, 3.8) is 0 Å². The molecular weight excluding hydrogens is 424 g/mol. The number of hydrogen-bond acceptors (Lipinski definition) is 6. The van der Waals surface area contributed by atoms with Gasteiger partial charge in [0.25, 0.3) is 0 Å². The van der Waals surface area contributed by atoms with E-state index in [9.17, 15) is 13.6 Å². The number of aromatic nitrogens is 3. The lowest BCUT2D eigenvalue weighted by Gasteiger charge is -2.15. The summed E-state index contributed by atoms with van der Waals surface area (Å²) in [6.45, 7) is 4.54. The first-order valence-corrected chi connectivity index (χ1v) is 13.9. The SMILES string of the molecule is C[Si](C)(C)CCOCn1c(=O)oc2c(-c3cnc(OC(F)F)cn3)ccc(C3CC3)c21. The molecule has 0 radical (unpaired) electrons. The standard InChI is InChI=1S/C21H25F2N3O4Si/c1-31(2,3)9-8-28-12-26-18-14(13-4-5-13)6-7-15(19(18)30-21(26)27)16-10-25-17(11-24-16)29-20(22)23/h6-7,10-11,13,20H,4-5,8-9,12H2,1-3H3. The van der Waals surface area contributed by atoms with Crippen LogP contribution in [0.2, 0.25) is 25.7 Å². The molecule has 1 saturated carbocycles. The van der Waals surface area contributed by atoms with Gasteiger partial charge in [0.15, 0.2) is 5.58 Å². The number of rotatable bonds is 9. The molecule has 31 heavy (non-hydrogen) atoms. The van der Waals surface area contributed by atoms with Crippen molar-refractivity contribution in [3.05, 3.63) is 40.6 Å². The Morgan fingerprint density at radius 1 is 1.23 bits per heavy atom. The van der Waals surface area contributed by atoms with Crippen LogP contribution in [0.5, 0.6) is 5.88 Å². The number of halogens is 2. The van der Waals surface area contributed by atoms with Crippen molar-refractivity contribution in [2.75, 3.05) is 6.61 Å². The minimum absolute atomic E-state index is 0.117. The average molecular weight is 450 g/mol. The van der Waals surface area contributed by atoms with Crippen molar-refractivity contribution in [2.45, 2.75) is 57.8 Å². The van der Waals surface area contributed by atoms with E-state index in [4.69, 9.17) is 9.15 Å². The van der Waals surface area contributed by atoms with Crippen LogP contribution in [-0.2, 0) is 11.5 Å². The van der Waals surface area contributed by atoms with E-state index in [1.54, 1.807) is 0 Å². The molecule has 1 aliphatic rings. The van der Waals surface area contributed by atoms with Gasteiger partial charge >= 0.3 is 12.4 Å². The lowest BCUT2D eigenvalue weighted by molar-refractivity contribution is -0.0530. The maximum atomic E-state index is 12.7. The van der Waals surface area contributed by atoms with Crippen LogP contribution in [0.25, 0.3) is 22.4 Å². The first-order chi connectivity index (χ1) is 14.7. The molecule has 2 heterocycles. The molecule has 1 fully saturated rings. The lowest BCUT2D eigenvalue weighted by atomic mass is 10.0. The lowest BCUT2D eigenvalue weighted by Crippen LogP contribution is -2.23. The van der Waals surface area contributed by atoms with E-state index in [0.717, 1.165) is 30.6 Å². The highest BCUT2D eigenvalue weighted by molar-refractivity contribution is 6.76. The van der Waals surface area contributed by atoms with Gasteiger partial charge in [0.1, 0.15) is 6.73 Å². The van der Waals surface area contributed by atoms with E-state index in [2.05, 4.69) is 34.3 Å². The van der Waals surface area contributed by atoms with Crippen LogP contribution in [0.15, 0.2) is 33.7 Å². The predicted molar refractivity (Wildman–Crippen MR) is 114 cm³/mol. The maximum absolute atomic E-state index is 12.7. The fourth-order valence-corrected chi connectivity index (χ4v) is 4.14. The normalized spacial score (nSPS) is 14.5. The summed E-state index contributed by atoms with van der Waals surface area (Å²) in [6.07, 6.45) is 4.56. The molecule has 2 aromatic heterocycles. The predicted octanol–water partition coefficient (Wildman–Crippen LogP) is 4.84. The fraction of sp³-hybridized carbons (Fsp3) is 0.476. The number of oxazole rings is 1. The second-order valence-corrected chi connectivity index (χ2v) is 14.5. The van der Waals surface area contributed by atoms with Gasteiger partial charge in [0.05, 0.1) is 23.6 Å². The quantitative estimate of drug-likeness (QED) is 0.343. The minimum Gasteiger partial charge on any atom is -0.415 e. The average Bonchev–Trinajstić information content (AvgIpc) is 3.48. The van der Waals surface area contributed by atoms with Crippen molar-refractivity contribution < 1.29 is 22.7 Å². The summed E-state index contributed by atoms with van der Waals surface area (Å²) >= 11 is 0. The molecule has 0 spiro atoms. The molecule has 0 atom stereocenters. The molecule has 3 aromatic rings. The van der Waals surface area contributed by atoms with E-state index in [-0.39, 0.29) is 12.6 Å². The minimum atomic E-state index is -2.97. The summed E-state index contributed by atoms with van der Waals surface area (Å²) < 4.78 is 41.9. The summed E-state index contributed by atoms with van der Waals surface area (Å²) in [7, 11) is -1.24. The van der Waals surface area contributed by atoms with Crippen molar-refractivity contribution in [1.29, 1.82) is 0 Å².